The molecule has 0 saturated heterocycles. The van der Waals surface area contributed by atoms with Gasteiger partial charge in [-0.2, -0.15) is 0 Å². The van der Waals surface area contributed by atoms with Crippen LogP contribution in [0.5, 0.6) is 0 Å². The lowest BCUT2D eigenvalue weighted by Gasteiger charge is -2.29. The van der Waals surface area contributed by atoms with Crippen molar-refractivity contribution in [2.75, 3.05) is 11.4 Å². The summed E-state index contributed by atoms with van der Waals surface area (Å²) in [6.45, 7) is 7.30. The highest BCUT2D eigenvalue weighted by atomic mass is 19.1. The van der Waals surface area contributed by atoms with Crippen LogP contribution in [0.3, 0.4) is 0 Å². The van der Waals surface area contributed by atoms with Gasteiger partial charge in [0, 0.05) is 29.9 Å². The molecule has 1 saturated carbocycles. The maximum absolute atomic E-state index is 14.0. The highest BCUT2D eigenvalue weighted by Gasteiger charge is 2.31. The molecule has 0 bridgehead atoms. The number of benzene rings is 1. The second-order valence-corrected chi connectivity index (χ2v) is 6.07. The van der Waals surface area contributed by atoms with Crippen molar-refractivity contribution in [2.24, 2.45) is 11.7 Å². The van der Waals surface area contributed by atoms with E-state index < -0.39 is 0 Å². The van der Waals surface area contributed by atoms with Gasteiger partial charge in [-0.05, 0) is 44.2 Å². The van der Waals surface area contributed by atoms with Gasteiger partial charge in [0.15, 0.2) is 0 Å². The molecule has 1 aromatic carbocycles. The average Bonchev–Trinajstić information content (AvgIpc) is 3.12. The van der Waals surface area contributed by atoms with E-state index in [4.69, 9.17) is 5.73 Å². The zero-order chi connectivity index (χ0) is 14.0. The van der Waals surface area contributed by atoms with Crippen LogP contribution in [0.1, 0.15) is 51.6 Å². The van der Waals surface area contributed by atoms with Crippen LogP contribution in [0, 0.1) is 11.7 Å². The van der Waals surface area contributed by atoms with E-state index in [2.05, 4.69) is 18.7 Å². The summed E-state index contributed by atoms with van der Waals surface area (Å²) in [6.07, 6.45) is 3.56. The Morgan fingerprint density at radius 1 is 1.32 bits per heavy atom. The van der Waals surface area contributed by atoms with Crippen molar-refractivity contribution in [1.82, 2.24) is 0 Å². The van der Waals surface area contributed by atoms with Gasteiger partial charge in [-0.25, -0.2) is 4.39 Å². The lowest BCUT2D eigenvalue weighted by Crippen LogP contribution is -2.30. The minimum atomic E-state index is -0.267. The molecule has 0 amide bonds. The predicted molar refractivity (Wildman–Crippen MR) is 78.8 cm³/mol. The third-order valence-electron chi connectivity index (χ3n) is 3.73. The number of halogens is 1. The lowest BCUT2D eigenvalue weighted by atomic mass is 10.0. The molecule has 2 nitrogen and oxygen atoms in total. The van der Waals surface area contributed by atoms with Crippen molar-refractivity contribution in [2.45, 2.75) is 52.1 Å². The molecular formula is C16H25FN2. The molecule has 106 valence electrons. The monoisotopic (exact) mass is 264 g/mol. The van der Waals surface area contributed by atoms with E-state index in [1.165, 1.54) is 18.9 Å². The summed E-state index contributed by atoms with van der Waals surface area (Å²) in [7, 11) is 0. The molecule has 19 heavy (non-hydrogen) atoms. The van der Waals surface area contributed by atoms with Crippen LogP contribution in [0.25, 0.3) is 0 Å². The Morgan fingerprint density at radius 2 is 2.00 bits per heavy atom. The first kappa shape index (κ1) is 14.3. The fourth-order valence-corrected chi connectivity index (χ4v) is 2.51. The summed E-state index contributed by atoms with van der Waals surface area (Å²) in [5.41, 5.74) is 7.63. The van der Waals surface area contributed by atoms with Crippen molar-refractivity contribution in [3.63, 3.8) is 0 Å². The topological polar surface area (TPSA) is 29.3 Å². The molecule has 1 aliphatic rings. The van der Waals surface area contributed by atoms with Gasteiger partial charge in [0.1, 0.15) is 5.82 Å². The summed E-state index contributed by atoms with van der Waals surface area (Å²) < 4.78 is 14.0. The van der Waals surface area contributed by atoms with Gasteiger partial charge in [0.25, 0.3) is 0 Å². The number of nitrogens with two attached hydrogens (primary N) is 1. The molecule has 0 aromatic heterocycles. The Labute approximate surface area is 115 Å². The van der Waals surface area contributed by atoms with Gasteiger partial charge in [0.05, 0.1) is 0 Å². The molecule has 1 fully saturated rings. The van der Waals surface area contributed by atoms with Crippen LogP contribution >= 0.6 is 0 Å². The van der Waals surface area contributed by atoms with Crippen molar-refractivity contribution in [1.29, 1.82) is 0 Å². The summed E-state index contributed by atoms with van der Waals surface area (Å²) >= 11 is 0. The largest absolute Gasteiger partial charge is 0.368 e. The van der Waals surface area contributed by atoms with E-state index in [1.807, 2.05) is 13.0 Å². The van der Waals surface area contributed by atoms with E-state index >= 15 is 0 Å². The first-order valence-electron chi connectivity index (χ1n) is 7.31. The Hall–Kier alpha value is -1.09. The van der Waals surface area contributed by atoms with Gasteiger partial charge in [-0.1, -0.05) is 19.9 Å². The van der Waals surface area contributed by atoms with Crippen molar-refractivity contribution < 1.29 is 4.39 Å². The number of hydrogen-bond donors (Lipinski definition) is 1. The second kappa shape index (κ2) is 5.91. The number of rotatable bonds is 6. The summed E-state index contributed by atoms with van der Waals surface area (Å²) in [6, 6.07) is 5.63. The molecule has 1 aliphatic carbocycles. The van der Waals surface area contributed by atoms with Crippen LogP contribution in [-0.2, 0) is 0 Å². The van der Waals surface area contributed by atoms with Gasteiger partial charge in [0.2, 0.25) is 0 Å². The van der Waals surface area contributed by atoms with Gasteiger partial charge < -0.3 is 10.6 Å². The molecule has 0 aliphatic heterocycles. The molecule has 1 aromatic rings. The van der Waals surface area contributed by atoms with Crippen LogP contribution in [0.15, 0.2) is 18.2 Å². The molecule has 2 N–H and O–H groups in total. The average molecular weight is 264 g/mol. The summed E-state index contributed by atoms with van der Waals surface area (Å²) in [5.74, 6) is 0.483. The quantitative estimate of drug-likeness (QED) is 0.845. The van der Waals surface area contributed by atoms with Crippen LogP contribution in [-0.4, -0.2) is 12.6 Å². The Balaban J connectivity index is 2.28. The van der Waals surface area contributed by atoms with Crippen molar-refractivity contribution in [3.05, 3.63) is 29.6 Å². The molecule has 0 radical (unpaired) electrons. The Kier molecular flexibility index (Phi) is 4.46. The molecular weight excluding hydrogens is 239 g/mol. The van der Waals surface area contributed by atoms with E-state index in [0.29, 0.717) is 17.5 Å². The van der Waals surface area contributed by atoms with Crippen molar-refractivity contribution >= 4 is 5.69 Å². The SMILES string of the molecule is CC(C)CCN(c1cccc(F)c1C(C)N)C1CC1. The zero-order valence-electron chi connectivity index (χ0n) is 12.2. The Morgan fingerprint density at radius 3 is 2.53 bits per heavy atom. The number of hydrogen-bond acceptors (Lipinski definition) is 2. The number of nitrogens with zero attached hydrogens (tertiary/aromatic N) is 1. The van der Waals surface area contributed by atoms with E-state index in [9.17, 15) is 4.39 Å². The predicted octanol–water partition coefficient (Wildman–Crippen LogP) is 3.86. The molecule has 0 spiro atoms. The summed E-state index contributed by atoms with van der Waals surface area (Å²) in [4.78, 5) is 2.36. The Bertz CT molecular complexity index is 425. The molecule has 0 heterocycles. The minimum Gasteiger partial charge on any atom is -0.368 e. The zero-order valence-corrected chi connectivity index (χ0v) is 12.2. The number of anilines is 1. The van der Waals surface area contributed by atoms with Gasteiger partial charge >= 0.3 is 0 Å². The van der Waals surface area contributed by atoms with Gasteiger partial charge in [-0.3, -0.25) is 0 Å². The molecule has 3 heteroatoms. The van der Waals surface area contributed by atoms with Crippen LogP contribution < -0.4 is 10.6 Å². The van der Waals surface area contributed by atoms with E-state index in [0.717, 1.165) is 18.7 Å². The third-order valence-corrected chi connectivity index (χ3v) is 3.73. The lowest BCUT2D eigenvalue weighted by molar-refractivity contribution is 0.562. The standard InChI is InChI=1S/C16H25FN2/c1-11(2)9-10-19(13-7-8-13)15-6-4-5-14(17)16(15)12(3)18/h4-6,11-13H,7-10,18H2,1-3H3. The van der Waals surface area contributed by atoms with Crippen LogP contribution in [0.4, 0.5) is 10.1 Å². The van der Waals surface area contributed by atoms with Crippen molar-refractivity contribution in [3.8, 4) is 0 Å². The summed E-state index contributed by atoms with van der Waals surface area (Å²) in [5, 5.41) is 0. The minimum absolute atomic E-state index is 0.178. The molecule has 1 unspecified atom stereocenters. The first-order chi connectivity index (χ1) is 9.00. The fraction of sp³-hybridized carbons (Fsp3) is 0.625. The molecule has 2 rings (SSSR count). The first-order valence-corrected chi connectivity index (χ1v) is 7.31. The molecule has 1 atom stereocenters. The van der Waals surface area contributed by atoms with Gasteiger partial charge in [-0.15, -0.1) is 0 Å². The normalized spacial score (nSPS) is 16.7. The fourth-order valence-electron chi connectivity index (χ4n) is 2.51. The smallest absolute Gasteiger partial charge is 0.130 e. The maximum Gasteiger partial charge on any atom is 0.130 e. The highest BCUT2D eigenvalue weighted by molar-refractivity contribution is 5.57. The van der Waals surface area contributed by atoms with Crippen LogP contribution in [0.2, 0.25) is 0 Å². The van der Waals surface area contributed by atoms with E-state index in [-0.39, 0.29) is 11.9 Å². The third kappa shape index (κ3) is 3.47. The highest BCUT2D eigenvalue weighted by Crippen LogP contribution is 2.36. The maximum atomic E-state index is 14.0. The van der Waals surface area contributed by atoms with E-state index in [1.54, 1.807) is 6.07 Å². The second-order valence-electron chi connectivity index (χ2n) is 6.07.